The summed E-state index contributed by atoms with van der Waals surface area (Å²) in [6, 6.07) is 8.55. The van der Waals surface area contributed by atoms with Crippen molar-refractivity contribution >= 4 is 23.8 Å². The largest absolute Gasteiger partial charge is 0.444 e. The van der Waals surface area contributed by atoms with E-state index in [1.54, 1.807) is 30.3 Å². The highest BCUT2D eigenvalue weighted by atomic mass is 19.4. The van der Waals surface area contributed by atoms with E-state index in [0.717, 1.165) is 36.4 Å². The number of hydrogen-bond donors (Lipinski definition) is 1. The number of halogens is 6. The SMILES string of the molecule is CN1CCC(CNC(=O)C[C@H]2C(=O)N(Cc3ccccc3)C[C@@H]3N(C(=O)OCc4cc(C(F)(F)F)cc(C(F)(F)F)c4)CCC(=O)N32)CC1. The molecule has 3 saturated heterocycles. The second-order valence-electron chi connectivity index (χ2n) is 12.7. The number of nitrogens with zero attached hydrogens (tertiary/aromatic N) is 4. The van der Waals surface area contributed by atoms with E-state index < -0.39 is 71.7 Å². The van der Waals surface area contributed by atoms with E-state index in [2.05, 4.69) is 10.2 Å². The molecule has 0 radical (unpaired) electrons. The third kappa shape index (κ3) is 8.83. The number of piperazine rings is 1. The van der Waals surface area contributed by atoms with Crippen LogP contribution in [-0.4, -0.2) is 95.4 Å². The van der Waals surface area contributed by atoms with Gasteiger partial charge in [0.15, 0.2) is 0 Å². The lowest BCUT2D eigenvalue weighted by Gasteiger charge is -2.51. The molecule has 0 aliphatic carbocycles. The zero-order chi connectivity index (χ0) is 35.5. The molecular weight excluding hydrogens is 660 g/mol. The van der Waals surface area contributed by atoms with Gasteiger partial charge in [0.05, 0.1) is 24.1 Å². The summed E-state index contributed by atoms with van der Waals surface area (Å²) in [5.41, 5.74) is -2.90. The van der Waals surface area contributed by atoms with Gasteiger partial charge >= 0.3 is 18.4 Å². The summed E-state index contributed by atoms with van der Waals surface area (Å²) in [4.78, 5) is 59.7. The third-order valence-electron chi connectivity index (χ3n) is 9.12. The van der Waals surface area contributed by atoms with Crippen molar-refractivity contribution in [3.8, 4) is 0 Å². The van der Waals surface area contributed by atoms with Gasteiger partial charge in [0.25, 0.3) is 0 Å². The van der Waals surface area contributed by atoms with Gasteiger partial charge in [-0.1, -0.05) is 30.3 Å². The Labute approximate surface area is 278 Å². The fourth-order valence-electron chi connectivity index (χ4n) is 6.44. The fourth-order valence-corrected chi connectivity index (χ4v) is 6.44. The van der Waals surface area contributed by atoms with Crippen molar-refractivity contribution in [1.82, 2.24) is 24.9 Å². The van der Waals surface area contributed by atoms with E-state index in [1.807, 2.05) is 7.05 Å². The number of fused-ring (bicyclic) bond motifs is 1. The van der Waals surface area contributed by atoms with Gasteiger partial charge in [-0.25, -0.2) is 4.79 Å². The van der Waals surface area contributed by atoms with E-state index in [-0.39, 0.29) is 44.5 Å². The molecule has 0 saturated carbocycles. The predicted molar refractivity (Wildman–Crippen MR) is 162 cm³/mol. The lowest BCUT2D eigenvalue weighted by Crippen LogP contribution is -2.71. The maximum absolute atomic E-state index is 13.8. The van der Waals surface area contributed by atoms with Crippen molar-refractivity contribution in [2.45, 2.75) is 63.4 Å². The summed E-state index contributed by atoms with van der Waals surface area (Å²) < 4.78 is 85.5. The van der Waals surface area contributed by atoms with Crippen LogP contribution >= 0.6 is 0 Å². The number of hydrogen-bond acceptors (Lipinski definition) is 6. The number of ether oxygens (including phenoxy) is 1. The number of amides is 4. The number of piperidine rings is 1. The molecular formula is C33H37F6N5O5. The van der Waals surface area contributed by atoms with Crippen LogP contribution in [-0.2, 0) is 44.6 Å². The molecule has 3 fully saturated rings. The standard InChI is InChI=1S/C33H37F6N5O5/c1-41-10-7-21(8-11-41)17-40-27(45)16-26-30(47)42(18-22-5-3-2-4-6-22)19-28-43(12-9-29(46)44(26)28)31(48)49-20-23-13-24(32(34,35)36)15-25(14-23)33(37,38)39/h2-6,13-15,21,26,28H,7-12,16-20H2,1H3,(H,40,45)/t26-,28+/m0/s1. The normalized spacial score (nSPS) is 21.1. The second-order valence-corrected chi connectivity index (χ2v) is 12.7. The average Bonchev–Trinajstić information content (AvgIpc) is 3.05. The van der Waals surface area contributed by atoms with Crippen LogP contribution in [0.5, 0.6) is 0 Å². The molecule has 10 nitrogen and oxygen atoms in total. The van der Waals surface area contributed by atoms with E-state index in [9.17, 15) is 45.5 Å². The Morgan fingerprint density at radius 3 is 2.14 bits per heavy atom. The van der Waals surface area contributed by atoms with Gasteiger partial charge < -0.3 is 24.8 Å². The Morgan fingerprint density at radius 1 is 0.898 bits per heavy atom. The third-order valence-corrected chi connectivity index (χ3v) is 9.12. The molecule has 3 heterocycles. The zero-order valence-electron chi connectivity index (χ0n) is 26.7. The summed E-state index contributed by atoms with van der Waals surface area (Å²) in [7, 11) is 2.02. The molecule has 5 rings (SSSR count). The maximum atomic E-state index is 13.8. The van der Waals surface area contributed by atoms with Crippen molar-refractivity contribution in [1.29, 1.82) is 0 Å². The predicted octanol–water partition coefficient (Wildman–Crippen LogP) is 4.48. The molecule has 2 aromatic rings. The van der Waals surface area contributed by atoms with Crippen molar-refractivity contribution in [3.63, 3.8) is 0 Å². The molecule has 1 N–H and O–H groups in total. The Bertz CT molecular complexity index is 1500. The maximum Gasteiger partial charge on any atom is 0.416 e. The summed E-state index contributed by atoms with van der Waals surface area (Å²) in [5, 5.41) is 2.88. The Kier molecular flexibility index (Phi) is 10.7. The number of alkyl halides is 6. The molecule has 0 spiro atoms. The van der Waals surface area contributed by atoms with Crippen LogP contribution in [0.4, 0.5) is 31.1 Å². The molecule has 266 valence electrons. The van der Waals surface area contributed by atoms with Crippen molar-refractivity contribution in [3.05, 3.63) is 70.8 Å². The molecule has 0 bridgehead atoms. The number of likely N-dealkylation sites (tertiary alicyclic amines) is 1. The first-order valence-electron chi connectivity index (χ1n) is 15.9. The van der Waals surface area contributed by atoms with Crippen LogP contribution in [0.25, 0.3) is 0 Å². The van der Waals surface area contributed by atoms with Crippen molar-refractivity contribution < 1.29 is 50.3 Å². The summed E-state index contributed by atoms with van der Waals surface area (Å²) in [5.74, 6) is -1.17. The fraction of sp³-hybridized carbons (Fsp3) is 0.515. The second kappa shape index (κ2) is 14.6. The van der Waals surface area contributed by atoms with Crippen LogP contribution in [0.15, 0.2) is 48.5 Å². The molecule has 0 unspecified atom stereocenters. The van der Waals surface area contributed by atoms with Crippen LogP contribution < -0.4 is 5.32 Å². The lowest BCUT2D eigenvalue weighted by atomic mass is 9.96. The Morgan fingerprint density at radius 2 is 1.53 bits per heavy atom. The van der Waals surface area contributed by atoms with E-state index in [4.69, 9.17) is 4.74 Å². The molecule has 2 aromatic carbocycles. The monoisotopic (exact) mass is 697 g/mol. The first-order valence-corrected chi connectivity index (χ1v) is 15.9. The molecule has 0 aromatic heterocycles. The topological polar surface area (TPSA) is 103 Å². The van der Waals surface area contributed by atoms with Crippen molar-refractivity contribution in [2.75, 3.05) is 39.8 Å². The highest BCUT2D eigenvalue weighted by Gasteiger charge is 2.50. The van der Waals surface area contributed by atoms with Crippen molar-refractivity contribution in [2.24, 2.45) is 5.92 Å². The van der Waals surface area contributed by atoms with E-state index in [1.165, 1.54) is 9.80 Å². The van der Waals surface area contributed by atoms with Gasteiger partial charge in [0, 0.05) is 26.1 Å². The quantitative estimate of drug-likeness (QED) is 0.409. The number of carbonyl (C=O) groups excluding carboxylic acids is 4. The first-order chi connectivity index (χ1) is 23.1. The smallest absolute Gasteiger partial charge is 0.416 e. The van der Waals surface area contributed by atoms with Gasteiger partial charge in [0.2, 0.25) is 17.7 Å². The van der Waals surface area contributed by atoms with Gasteiger partial charge in [-0.3, -0.25) is 19.3 Å². The minimum atomic E-state index is -5.08. The van der Waals surface area contributed by atoms with E-state index >= 15 is 0 Å². The first kappa shape index (κ1) is 36.0. The number of carbonyl (C=O) groups is 4. The van der Waals surface area contributed by atoms with Gasteiger partial charge in [0.1, 0.15) is 18.8 Å². The molecule has 3 aliphatic heterocycles. The Balaban J connectivity index is 1.35. The van der Waals surface area contributed by atoms with Crippen LogP contribution in [0.2, 0.25) is 0 Å². The van der Waals surface area contributed by atoms with Crippen LogP contribution in [0.3, 0.4) is 0 Å². The van der Waals surface area contributed by atoms with Gasteiger partial charge in [-0.15, -0.1) is 0 Å². The number of rotatable bonds is 8. The highest BCUT2D eigenvalue weighted by Crippen LogP contribution is 2.37. The molecule has 3 aliphatic rings. The summed E-state index contributed by atoms with van der Waals surface area (Å²) in [6.45, 7) is 1.02. The van der Waals surface area contributed by atoms with Crippen LogP contribution in [0.1, 0.15) is 47.9 Å². The minimum absolute atomic E-state index is 0.0239. The van der Waals surface area contributed by atoms with Gasteiger partial charge in [-0.2, -0.15) is 26.3 Å². The highest BCUT2D eigenvalue weighted by molar-refractivity contribution is 5.94. The molecule has 16 heteroatoms. The summed E-state index contributed by atoms with van der Waals surface area (Å²) >= 11 is 0. The number of benzene rings is 2. The molecule has 49 heavy (non-hydrogen) atoms. The van der Waals surface area contributed by atoms with E-state index in [0.29, 0.717) is 18.7 Å². The summed E-state index contributed by atoms with van der Waals surface area (Å²) in [6.07, 6.45) is -11.2. The number of nitrogens with one attached hydrogen (secondary N) is 1. The van der Waals surface area contributed by atoms with Gasteiger partial charge in [-0.05, 0) is 68.2 Å². The minimum Gasteiger partial charge on any atom is -0.444 e. The zero-order valence-corrected chi connectivity index (χ0v) is 26.7. The Hall–Kier alpha value is -4.34. The molecule has 4 amide bonds. The van der Waals surface area contributed by atoms with Crippen LogP contribution in [0, 0.1) is 5.92 Å². The molecule has 2 atom stereocenters. The average molecular weight is 698 g/mol. The lowest BCUT2D eigenvalue weighted by molar-refractivity contribution is -0.169.